The smallest absolute Gasteiger partial charge is 0.0691 e. The van der Waals surface area contributed by atoms with Crippen LogP contribution in [0.5, 0.6) is 0 Å². The summed E-state index contributed by atoms with van der Waals surface area (Å²) in [7, 11) is 1.81. The van der Waals surface area contributed by atoms with Crippen molar-refractivity contribution in [3.63, 3.8) is 0 Å². The first-order valence-electron chi connectivity index (χ1n) is 4.69. The minimum atomic E-state index is -0.351. The molecule has 0 aliphatic rings. The molecular weight excluding hydrogens is 154 g/mol. The average molecular weight is 175 g/mol. The van der Waals surface area contributed by atoms with Gasteiger partial charge in [-0.3, -0.25) is 0 Å². The summed E-state index contributed by atoms with van der Waals surface area (Å²) in [5.41, 5.74) is 0. The molecule has 0 aromatic carbocycles. The van der Waals surface area contributed by atoms with Gasteiger partial charge in [0.25, 0.3) is 0 Å². The van der Waals surface area contributed by atoms with Crippen LogP contribution in [0.2, 0.25) is 0 Å². The molecule has 0 aliphatic heterocycles. The van der Waals surface area contributed by atoms with Gasteiger partial charge in [-0.25, -0.2) is 0 Å². The molecule has 2 unspecified atom stereocenters. The summed E-state index contributed by atoms with van der Waals surface area (Å²) < 4.78 is 0. The highest BCUT2D eigenvalue weighted by molar-refractivity contribution is 4.75. The molecule has 0 aromatic heterocycles. The molecule has 0 saturated carbocycles. The van der Waals surface area contributed by atoms with Crippen molar-refractivity contribution >= 4 is 0 Å². The Bertz CT molecular complexity index is 109. The van der Waals surface area contributed by atoms with Crippen LogP contribution in [0.4, 0.5) is 0 Å². The van der Waals surface area contributed by atoms with Gasteiger partial charge in [-0.2, -0.15) is 0 Å². The fourth-order valence-electron chi connectivity index (χ4n) is 1.21. The largest absolute Gasteiger partial charge is 0.393 e. The van der Waals surface area contributed by atoms with E-state index in [4.69, 9.17) is 0 Å². The molecule has 0 bridgehead atoms. The summed E-state index contributed by atoms with van der Waals surface area (Å²) in [6.07, 6.45) is 1.44. The maximum atomic E-state index is 9.49. The number of nitrogens with one attached hydrogen (secondary N) is 1. The fourth-order valence-corrected chi connectivity index (χ4v) is 1.21. The van der Waals surface area contributed by atoms with E-state index >= 15 is 0 Å². The van der Waals surface area contributed by atoms with Gasteiger partial charge in [-0.1, -0.05) is 13.8 Å². The van der Waals surface area contributed by atoms with Crippen molar-refractivity contribution in [1.82, 2.24) is 5.32 Å². The third kappa shape index (κ3) is 4.04. The highest BCUT2D eigenvalue weighted by Crippen LogP contribution is 2.07. The van der Waals surface area contributed by atoms with E-state index < -0.39 is 0 Å². The van der Waals surface area contributed by atoms with Gasteiger partial charge < -0.3 is 15.5 Å². The Labute approximate surface area is 74.8 Å². The van der Waals surface area contributed by atoms with E-state index in [0.29, 0.717) is 6.42 Å². The van der Waals surface area contributed by atoms with Crippen molar-refractivity contribution < 1.29 is 10.2 Å². The molecule has 0 rings (SSSR count). The van der Waals surface area contributed by atoms with Crippen LogP contribution in [0.1, 0.15) is 33.1 Å². The van der Waals surface area contributed by atoms with Crippen molar-refractivity contribution in [3.05, 3.63) is 0 Å². The maximum Gasteiger partial charge on any atom is 0.0691 e. The average Bonchev–Trinajstić information content (AvgIpc) is 2.12. The molecule has 0 amide bonds. The predicted molar refractivity (Wildman–Crippen MR) is 50.1 cm³/mol. The first-order chi connectivity index (χ1) is 5.65. The fraction of sp³-hybridized carbons (Fsp3) is 1.00. The maximum absolute atomic E-state index is 9.49. The van der Waals surface area contributed by atoms with Crippen molar-refractivity contribution in [2.75, 3.05) is 7.05 Å². The molecule has 0 radical (unpaired) electrons. The van der Waals surface area contributed by atoms with Crippen molar-refractivity contribution in [3.8, 4) is 0 Å². The number of hydrogen-bond acceptors (Lipinski definition) is 3. The molecule has 3 N–H and O–H groups in total. The molecule has 3 atom stereocenters. The monoisotopic (exact) mass is 175 g/mol. The van der Waals surface area contributed by atoms with Gasteiger partial charge >= 0.3 is 0 Å². The van der Waals surface area contributed by atoms with Gasteiger partial charge in [-0.05, 0) is 26.3 Å². The predicted octanol–water partition coefficient (Wildman–Crippen LogP) is 0.506. The lowest BCUT2D eigenvalue weighted by Crippen LogP contribution is -2.39. The molecule has 0 fully saturated rings. The van der Waals surface area contributed by atoms with Gasteiger partial charge in [0.2, 0.25) is 0 Å². The summed E-state index contributed by atoms with van der Waals surface area (Å²) >= 11 is 0. The molecule has 3 nitrogen and oxygen atoms in total. The Balaban J connectivity index is 3.81. The van der Waals surface area contributed by atoms with E-state index in [0.717, 1.165) is 12.8 Å². The van der Waals surface area contributed by atoms with E-state index in [9.17, 15) is 10.2 Å². The van der Waals surface area contributed by atoms with Gasteiger partial charge in [-0.15, -0.1) is 0 Å². The first-order valence-corrected chi connectivity index (χ1v) is 4.69. The lowest BCUT2D eigenvalue weighted by molar-refractivity contribution is 0.0798. The van der Waals surface area contributed by atoms with Crippen LogP contribution in [0, 0.1) is 0 Å². The Morgan fingerprint density at radius 3 is 2.08 bits per heavy atom. The van der Waals surface area contributed by atoms with Crippen molar-refractivity contribution in [2.24, 2.45) is 0 Å². The number of likely N-dealkylation sites (N-methyl/N-ethyl adjacent to an activating group) is 1. The van der Waals surface area contributed by atoms with Gasteiger partial charge in [0, 0.05) is 6.04 Å². The minimum absolute atomic E-state index is 0.0185. The lowest BCUT2D eigenvalue weighted by Gasteiger charge is -2.23. The topological polar surface area (TPSA) is 52.5 Å². The van der Waals surface area contributed by atoms with E-state index in [1.807, 2.05) is 20.9 Å². The summed E-state index contributed by atoms with van der Waals surface area (Å²) in [4.78, 5) is 0. The SMILES string of the molecule is CCC(O)CC(NC)[C@H](O)CC. The number of aliphatic hydroxyl groups is 2. The van der Waals surface area contributed by atoms with Gasteiger partial charge in [0.05, 0.1) is 12.2 Å². The van der Waals surface area contributed by atoms with Gasteiger partial charge in [0.1, 0.15) is 0 Å². The van der Waals surface area contributed by atoms with E-state index in [2.05, 4.69) is 5.32 Å². The summed E-state index contributed by atoms with van der Waals surface area (Å²) in [6.45, 7) is 3.88. The van der Waals surface area contributed by atoms with Crippen LogP contribution >= 0.6 is 0 Å². The van der Waals surface area contributed by atoms with Crippen LogP contribution < -0.4 is 5.32 Å². The molecule has 0 spiro atoms. The summed E-state index contributed by atoms with van der Waals surface area (Å²) in [5, 5.41) is 21.8. The highest BCUT2D eigenvalue weighted by atomic mass is 16.3. The van der Waals surface area contributed by atoms with Crippen LogP contribution in [-0.4, -0.2) is 35.5 Å². The molecule has 0 heterocycles. The molecule has 0 aliphatic carbocycles. The molecule has 3 heteroatoms. The number of rotatable bonds is 6. The molecule has 74 valence electrons. The quantitative estimate of drug-likeness (QED) is 0.551. The molecule has 0 saturated heterocycles. The van der Waals surface area contributed by atoms with Crippen molar-refractivity contribution in [1.29, 1.82) is 0 Å². The highest BCUT2D eigenvalue weighted by Gasteiger charge is 2.18. The summed E-state index contributed by atoms with van der Waals surface area (Å²) in [6, 6.07) is 0.0185. The first kappa shape index (κ1) is 11.9. The Hall–Kier alpha value is -0.120. The number of aliphatic hydroxyl groups excluding tert-OH is 2. The van der Waals surface area contributed by atoms with E-state index in [1.165, 1.54) is 0 Å². The second-order valence-corrected chi connectivity index (χ2v) is 3.17. The third-order valence-corrected chi connectivity index (χ3v) is 2.25. The zero-order valence-electron chi connectivity index (χ0n) is 8.25. The molecular formula is C9H21NO2. The zero-order valence-corrected chi connectivity index (χ0v) is 8.25. The second-order valence-electron chi connectivity index (χ2n) is 3.17. The third-order valence-electron chi connectivity index (χ3n) is 2.25. The minimum Gasteiger partial charge on any atom is -0.393 e. The normalized spacial score (nSPS) is 18.8. The Kier molecular flexibility index (Phi) is 6.34. The van der Waals surface area contributed by atoms with E-state index in [1.54, 1.807) is 0 Å². The second kappa shape index (κ2) is 6.40. The zero-order chi connectivity index (χ0) is 9.56. The number of hydrogen-bond donors (Lipinski definition) is 3. The van der Waals surface area contributed by atoms with Crippen LogP contribution in [0.25, 0.3) is 0 Å². The van der Waals surface area contributed by atoms with E-state index in [-0.39, 0.29) is 18.2 Å². The van der Waals surface area contributed by atoms with Crippen LogP contribution in [-0.2, 0) is 0 Å². The Morgan fingerprint density at radius 1 is 1.17 bits per heavy atom. The standard InChI is InChI=1S/C9H21NO2/c1-4-7(11)6-8(10-3)9(12)5-2/h7-12H,4-6H2,1-3H3/t7?,8?,9-/m1/s1. The lowest BCUT2D eigenvalue weighted by atomic mass is 10.0. The van der Waals surface area contributed by atoms with Crippen LogP contribution in [0.3, 0.4) is 0 Å². The molecule has 12 heavy (non-hydrogen) atoms. The Morgan fingerprint density at radius 2 is 1.75 bits per heavy atom. The summed E-state index contributed by atoms with van der Waals surface area (Å²) in [5.74, 6) is 0. The van der Waals surface area contributed by atoms with Gasteiger partial charge in [0.15, 0.2) is 0 Å². The molecule has 0 aromatic rings. The van der Waals surface area contributed by atoms with Crippen molar-refractivity contribution in [2.45, 2.75) is 51.4 Å². The van der Waals surface area contributed by atoms with Crippen LogP contribution in [0.15, 0.2) is 0 Å².